The van der Waals surface area contributed by atoms with Gasteiger partial charge in [0.05, 0.1) is 28.0 Å². The van der Waals surface area contributed by atoms with Crippen LogP contribution < -0.4 is 5.32 Å². The van der Waals surface area contributed by atoms with Gasteiger partial charge in [0.2, 0.25) is 5.91 Å². The third-order valence-corrected chi connectivity index (χ3v) is 4.59. The molecule has 6 heteroatoms. The van der Waals surface area contributed by atoms with Gasteiger partial charge in [-0.3, -0.25) is 4.79 Å². The number of benzene rings is 1. The van der Waals surface area contributed by atoms with E-state index in [0.717, 1.165) is 23.4 Å². The van der Waals surface area contributed by atoms with Crippen LogP contribution in [-0.2, 0) is 11.2 Å². The lowest BCUT2D eigenvalue weighted by Crippen LogP contribution is -2.28. The van der Waals surface area contributed by atoms with E-state index in [1.165, 1.54) is 11.0 Å². The minimum atomic E-state index is -0.807. The van der Waals surface area contributed by atoms with Crippen LogP contribution >= 0.6 is 11.3 Å². The van der Waals surface area contributed by atoms with Gasteiger partial charge >= 0.3 is 0 Å². The predicted molar refractivity (Wildman–Crippen MR) is 89.2 cm³/mol. The van der Waals surface area contributed by atoms with Crippen molar-refractivity contribution in [3.63, 3.8) is 0 Å². The average molecular weight is 330 g/mol. The number of para-hydroxylation sites is 1. The molecule has 23 heavy (non-hydrogen) atoms. The molecule has 3 rings (SSSR count). The Morgan fingerprint density at radius 3 is 2.96 bits per heavy atom. The number of carbonyl (C=O) groups excluding carboxylic acids is 1. The zero-order chi connectivity index (χ0) is 16.1. The Balaban J connectivity index is 1.40. The first kappa shape index (κ1) is 15.7. The van der Waals surface area contributed by atoms with Gasteiger partial charge in [0, 0.05) is 6.42 Å². The van der Waals surface area contributed by atoms with Gasteiger partial charge in [-0.2, -0.15) is 0 Å². The molecule has 0 saturated heterocycles. The molecule has 1 atom stereocenters. The van der Waals surface area contributed by atoms with Gasteiger partial charge < -0.3 is 14.8 Å². The smallest absolute Gasteiger partial charge is 0.220 e. The van der Waals surface area contributed by atoms with Crippen LogP contribution in [-0.4, -0.2) is 22.5 Å². The van der Waals surface area contributed by atoms with Crippen LogP contribution in [0.3, 0.4) is 0 Å². The van der Waals surface area contributed by atoms with E-state index in [2.05, 4.69) is 16.4 Å². The van der Waals surface area contributed by atoms with Crippen molar-refractivity contribution < 1.29 is 14.3 Å². The standard InChI is InChI=1S/C17H18N2O3S/c20-13(14-6-4-10-22-14)11-18-16(21)8-3-9-17-19-12-5-1-2-7-15(12)23-17/h1-2,4-7,10,13,20H,3,8-9,11H2,(H,18,21). The zero-order valence-electron chi connectivity index (χ0n) is 12.6. The average Bonchev–Trinajstić information content (AvgIpc) is 3.21. The van der Waals surface area contributed by atoms with E-state index < -0.39 is 6.10 Å². The lowest BCUT2D eigenvalue weighted by atomic mass is 10.2. The number of aliphatic hydroxyl groups excluding tert-OH is 1. The fourth-order valence-corrected chi connectivity index (χ4v) is 3.32. The maximum atomic E-state index is 11.8. The van der Waals surface area contributed by atoms with E-state index >= 15 is 0 Å². The van der Waals surface area contributed by atoms with Crippen molar-refractivity contribution in [2.45, 2.75) is 25.4 Å². The Kier molecular flexibility index (Phi) is 5.05. The molecular formula is C17H18N2O3S. The number of nitrogens with zero attached hydrogens (tertiary/aromatic N) is 1. The number of nitrogens with one attached hydrogen (secondary N) is 1. The highest BCUT2D eigenvalue weighted by atomic mass is 32.1. The molecule has 0 bridgehead atoms. The summed E-state index contributed by atoms with van der Waals surface area (Å²) in [6, 6.07) is 11.4. The van der Waals surface area contributed by atoms with Gasteiger partial charge in [-0.05, 0) is 37.1 Å². The molecule has 2 N–H and O–H groups in total. The van der Waals surface area contributed by atoms with Crippen LogP contribution in [0.5, 0.6) is 0 Å². The summed E-state index contributed by atoms with van der Waals surface area (Å²) in [5.74, 6) is 0.386. The van der Waals surface area contributed by atoms with Crippen molar-refractivity contribution in [1.29, 1.82) is 0 Å². The molecule has 0 aliphatic carbocycles. The molecule has 120 valence electrons. The first-order valence-electron chi connectivity index (χ1n) is 7.55. The summed E-state index contributed by atoms with van der Waals surface area (Å²) in [7, 11) is 0. The summed E-state index contributed by atoms with van der Waals surface area (Å²) in [6.07, 6.45) is 2.63. The highest BCUT2D eigenvalue weighted by Crippen LogP contribution is 2.22. The van der Waals surface area contributed by atoms with E-state index in [4.69, 9.17) is 4.42 Å². The maximum Gasteiger partial charge on any atom is 0.220 e. The Morgan fingerprint density at radius 1 is 1.30 bits per heavy atom. The monoisotopic (exact) mass is 330 g/mol. The number of aromatic nitrogens is 1. The molecule has 0 aliphatic heterocycles. The van der Waals surface area contributed by atoms with E-state index in [1.54, 1.807) is 23.5 Å². The van der Waals surface area contributed by atoms with Crippen molar-refractivity contribution in [2.24, 2.45) is 0 Å². The molecule has 1 aromatic carbocycles. The van der Waals surface area contributed by atoms with Crippen molar-refractivity contribution in [2.75, 3.05) is 6.54 Å². The topological polar surface area (TPSA) is 75.4 Å². The molecule has 1 unspecified atom stereocenters. The normalized spacial score (nSPS) is 12.4. The van der Waals surface area contributed by atoms with Crippen molar-refractivity contribution in [3.05, 3.63) is 53.4 Å². The predicted octanol–water partition coefficient (Wildman–Crippen LogP) is 3.06. The Morgan fingerprint density at radius 2 is 2.17 bits per heavy atom. The molecule has 1 amide bonds. The molecular weight excluding hydrogens is 312 g/mol. The highest BCUT2D eigenvalue weighted by Gasteiger charge is 2.12. The lowest BCUT2D eigenvalue weighted by molar-refractivity contribution is -0.121. The summed E-state index contributed by atoms with van der Waals surface area (Å²) in [4.78, 5) is 16.4. The molecule has 5 nitrogen and oxygen atoms in total. The van der Waals surface area contributed by atoms with Crippen LogP contribution in [0.4, 0.5) is 0 Å². The molecule has 0 aliphatic rings. The minimum Gasteiger partial charge on any atom is -0.467 e. The molecule has 0 spiro atoms. The van der Waals surface area contributed by atoms with Crippen LogP contribution in [0, 0.1) is 0 Å². The molecule has 0 fully saturated rings. The highest BCUT2D eigenvalue weighted by molar-refractivity contribution is 7.18. The van der Waals surface area contributed by atoms with Crippen LogP contribution in [0.2, 0.25) is 0 Å². The second-order valence-electron chi connectivity index (χ2n) is 5.26. The SMILES string of the molecule is O=C(CCCc1nc2ccccc2s1)NCC(O)c1ccco1. The Bertz CT molecular complexity index is 734. The van der Waals surface area contributed by atoms with E-state index in [1.807, 2.05) is 18.2 Å². The fourth-order valence-electron chi connectivity index (χ4n) is 2.31. The quantitative estimate of drug-likeness (QED) is 0.698. The number of carbonyl (C=O) groups is 1. The number of thiazole rings is 1. The summed E-state index contributed by atoms with van der Waals surface area (Å²) >= 11 is 1.67. The van der Waals surface area contributed by atoms with Gasteiger partial charge in [0.1, 0.15) is 11.9 Å². The first-order valence-corrected chi connectivity index (χ1v) is 8.36. The van der Waals surface area contributed by atoms with Crippen LogP contribution in [0.1, 0.15) is 29.7 Å². The number of aliphatic hydroxyl groups is 1. The fraction of sp³-hybridized carbons (Fsp3) is 0.294. The van der Waals surface area contributed by atoms with Crippen LogP contribution in [0.15, 0.2) is 47.1 Å². The summed E-state index contributed by atoms with van der Waals surface area (Å²) in [5, 5.41) is 13.6. The molecule has 0 radical (unpaired) electrons. The Labute approximate surface area is 138 Å². The lowest BCUT2D eigenvalue weighted by Gasteiger charge is -2.09. The van der Waals surface area contributed by atoms with E-state index in [0.29, 0.717) is 12.2 Å². The Hall–Kier alpha value is -2.18. The number of rotatable bonds is 7. The van der Waals surface area contributed by atoms with Gasteiger partial charge in [-0.1, -0.05) is 12.1 Å². The van der Waals surface area contributed by atoms with Gasteiger partial charge in [0.15, 0.2) is 0 Å². The van der Waals surface area contributed by atoms with Gasteiger partial charge in [-0.15, -0.1) is 11.3 Å². The van der Waals surface area contributed by atoms with Crippen molar-refractivity contribution in [3.8, 4) is 0 Å². The molecule has 2 heterocycles. The van der Waals surface area contributed by atoms with Crippen molar-refractivity contribution in [1.82, 2.24) is 10.3 Å². The summed E-state index contributed by atoms with van der Waals surface area (Å²) < 4.78 is 6.26. The largest absolute Gasteiger partial charge is 0.467 e. The maximum absolute atomic E-state index is 11.8. The number of hydrogen-bond acceptors (Lipinski definition) is 5. The number of hydrogen-bond donors (Lipinski definition) is 2. The third-order valence-electron chi connectivity index (χ3n) is 3.50. The van der Waals surface area contributed by atoms with Crippen LogP contribution in [0.25, 0.3) is 10.2 Å². The third kappa shape index (κ3) is 4.18. The van der Waals surface area contributed by atoms with Crippen molar-refractivity contribution >= 4 is 27.5 Å². The number of aryl methyl sites for hydroxylation is 1. The second kappa shape index (κ2) is 7.39. The second-order valence-corrected chi connectivity index (χ2v) is 6.38. The molecule has 3 aromatic rings. The number of fused-ring (bicyclic) bond motifs is 1. The van der Waals surface area contributed by atoms with E-state index in [-0.39, 0.29) is 12.5 Å². The molecule has 2 aromatic heterocycles. The van der Waals surface area contributed by atoms with Gasteiger partial charge in [-0.25, -0.2) is 4.98 Å². The zero-order valence-corrected chi connectivity index (χ0v) is 13.4. The summed E-state index contributed by atoms with van der Waals surface area (Å²) in [5.41, 5.74) is 1.01. The summed E-state index contributed by atoms with van der Waals surface area (Å²) in [6.45, 7) is 0.160. The van der Waals surface area contributed by atoms with Gasteiger partial charge in [0.25, 0.3) is 0 Å². The minimum absolute atomic E-state index is 0.0725. The molecule has 0 saturated carbocycles. The number of furan rings is 1. The first-order chi connectivity index (χ1) is 11.2. The number of amides is 1. The van der Waals surface area contributed by atoms with E-state index in [9.17, 15) is 9.90 Å².